The highest BCUT2D eigenvalue weighted by Crippen LogP contribution is 2.23. The molecule has 6 aliphatic heterocycles. The van der Waals surface area contributed by atoms with Crippen LogP contribution in [-0.4, -0.2) is 342 Å². The molecule has 0 radical (unpaired) electrons. The average Bonchev–Trinajstić information content (AvgIpc) is 0.836. The number of hydrogen-bond acceptors (Lipinski definition) is 19. The smallest absolute Gasteiger partial charge is 0.335 e. The van der Waals surface area contributed by atoms with Crippen LogP contribution in [0.25, 0.3) is 0 Å². The van der Waals surface area contributed by atoms with Crippen LogP contribution in [0.4, 0.5) is 0 Å². The highest BCUT2D eigenvalue weighted by Gasteiger charge is 2.28. The van der Waals surface area contributed by atoms with Crippen LogP contribution in [-0.2, 0) is 67.7 Å². The molecule has 0 unspecified atom stereocenters. The van der Waals surface area contributed by atoms with Crippen molar-refractivity contribution in [3.63, 3.8) is 0 Å². The number of carboxylic acids is 1. The summed E-state index contributed by atoms with van der Waals surface area (Å²) >= 11 is 0. The maximum Gasteiger partial charge on any atom is 0.335 e. The van der Waals surface area contributed by atoms with E-state index in [4.69, 9.17) is 28.4 Å². The Kier molecular flexibility index (Phi) is 32.2. The van der Waals surface area contributed by atoms with Gasteiger partial charge in [-0.3, -0.25) is 58.2 Å². The second-order valence-corrected chi connectivity index (χ2v) is 30.9. The minimum Gasteiger partial charge on any atom is -0.478 e. The van der Waals surface area contributed by atoms with Crippen molar-refractivity contribution in [3.05, 3.63) is 248 Å². The summed E-state index contributed by atoms with van der Waals surface area (Å²) in [5.41, 5.74) is 8.63. The molecule has 0 bridgehead atoms. The van der Waals surface area contributed by atoms with E-state index in [1.165, 1.54) is 0 Å². The molecule has 6 heterocycles. The molecule has 26 heteroatoms. The number of carbonyl (C=O) groups is 7. The molecule has 0 spiro atoms. The molecule has 7 aromatic rings. The van der Waals surface area contributed by atoms with Gasteiger partial charge in [0.1, 0.15) is 0 Å². The highest BCUT2D eigenvalue weighted by molar-refractivity contribution is 5.98. The van der Waals surface area contributed by atoms with Gasteiger partial charge in [-0.25, -0.2) is 4.79 Å². The molecule has 6 fully saturated rings. The minimum atomic E-state index is -1.01. The second kappa shape index (κ2) is 44.2. The van der Waals surface area contributed by atoms with E-state index in [1.54, 1.807) is 29.2 Å². The Labute approximate surface area is 687 Å². The van der Waals surface area contributed by atoms with Gasteiger partial charge in [-0.1, -0.05) is 91.0 Å². The molecule has 6 amide bonds. The third-order valence-electron chi connectivity index (χ3n) is 22.9. The molecule has 13 rings (SSSR count). The lowest BCUT2D eigenvalue weighted by Gasteiger charge is -2.31. The third kappa shape index (κ3) is 25.7. The summed E-state index contributed by atoms with van der Waals surface area (Å²) in [6, 6.07) is 53.8. The number of rotatable bonds is 37. The van der Waals surface area contributed by atoms with Crippen LogP contribution in [0.5, 0.6) is 0 Å². The van der Waals surface area contributed by atoms with E-state index in [0.29, 0.717) is 224 Å². The molecule has 0 aliphatic carbocycles. The monoisotopic (exact) mass is 1600 g/mol. The quantitative estimate of drug-likeness (QED) is 0.0404. The van der Waals surface area contributed by atoms with Crippen LogP contribution < -0.4 is 0 Å². The molecular weight excluding hydrogens is 1490 g/mol. The fraction of sp³-hybridized carbons (Fsp3) is 0.462. The van der Waals surface area contributed by atoms with Crippen LogP contribution in [0.3, 0.4) is 0 Å². The molecule has 7 aromatic carbocycles. The van der Waals surface area contributed by atoms with E-state index in [0.717, 1.165) is 118 Å². The number of nitrogens with zero attached hydrogens (tertiary/aromatic N) is 12. The standard InChI is InChI=1S/C91H114N12O14/c104-85(78-4-2-1-3-5-78)98(36-30-92-42-54-112-55-43-92)66-72-6-18-79(19-7-72)86(105)99(37-31-93-44-56-113-57-45-93)67-73-8-20-80(21-9-73)87(106)100(38-32-94-46-58-114-59-47-94)68-74-10-22-81(23-11-74)88(107)101(39-33-95-48-60-115-61-49-95)69-75-12-24-82(25-13-75)89(108)102(40-34-96-50-62-116-63-51-96)70-76-14-26-83(27-15-76)90(109)103(41-35-97-52-64-117-65-53-97)71-77-16-28-84(29-17-77)91(110)111/h1-29H,30-71H2,(H,110,111). The summed E-state index contributed by atoms with van der Waals surface area (Å²) < 4.78 is 33.9. The number of amides is 6. The summed E-state index contributed by atoms with van der Waals surface area (Å²) in [7, 11) is 0. The van der Waals surface area contributed by atoms with Gasteiger partial charge in [0.2, 0.25) is 0 Å². The maximum absolute atomic E-state index is 15.0. The van der Waals surface area contributed by atoms with Crippen molar-refractivity contribution in [2.24, 2.45) is 0 Å². The van der Waals surface area contributed by atoms with Gasteiger partial charge in [-0.05, 0) is 118 Å². The minimum absolute atomic E-state index is 0.0425. The molecular formula is C91H114N12O14. The topological polar surface area (TPSA) is 234 Å². The predicted octanol–water partition coefficient (Wildman–Crippen LogP) is 7.23. The van der Waals surface area contributed by atoms with Crippen LogP contribution in [0, 0.1) is 0 Å². The van der Waals surface area contributed by atoms with Crippen molar-refractivity contribution in [2.45, 2.75) is 39.3 Å². The molecule has 0 atom stereocenters. The van der Waals surface area contributed by atoms with Crippen LogP contribution in [0.1, 0.15) is 106 Å². The number of aromatic carboxylic acids is 1. The van der Waals surface area contributed by atoms with Crippen molar-refractivity contribution in [1.29, 1.82) is 0 Å². The zero-order valence-corrected chi connectivity index (χ0v) is 67.6. The van der Waals surface area contributed by atoms with E-state index < -0.39 is 5.97 Å². The van der Waals surface area contributed by atoms with Crippen LogP contribution in [0.15, 0.2) is 176 Å². The van der Waals surface area contributed by atoms with Crippen molar-refractivity contribution < 1.29 is 67.1 Å². The molecule has 622 valence electrons. The van der Waals surface area contributed by atoms with Gasteiger partial charge < -0.3 is 62.9 Å². The van der Waals surface area contributed by atoms with Crippen molar-refractivity contribution in [1.82, 2.24) is 58.8 Å². The fourth-order valence-electron chi connectivity index (χ4n) is 15.6. The number of morpholine rings is 6. The van der Waals surface area contributed by atoms with Gasteiger partial charge in [-0.15, -0.1) is 0 Å². The van der Waals surface area contributed by atoms with E-state index in [9.17, 15) is 38.7 Å². The lowest BCUT2D eigenvalue weighted by Crippen LogP contribution is -2.43. The molecule has 0 aromatic heterocycles. The molecule has 6 aliphatic rings. The van der Waals surface area contributed by atoms with E-state index >= 15 is 0 Å². The molecule has 117 heavy (non-hydrogen) atoms. The lowest BCUT2D eigenvalue weighted by atomic mass is 10.1. The second-order valence-electron chi connectivity index (χ2n) is 30.9. The van der Waals surface area contributed by atoms with Crippen molar-refractivity contribution in [2.75, 3.05) is 236 Å². The zero-order valence-electron chi connectivity index (χ0n) is 67.6. The van der Waals surface area contributed by atoms with Gasteiger partial charge in [0.25, 0.3) is 35.4 Å². The van der Waals surface area contributed by atoms with E-state index in [1.807, 2.05) is 176 Å². The maximum atomic E-state index is 15.0. The Balaban J connectivity index is 0.668. The van der Waals surface area contributed by atoms with Crippen LogP contribution in [0.2, 0.25) is 0 Å². The molecule has 6 saturated heterocycles. The number of carboxylic acid groups (broad SMARTS) is 1. The first-order chi connectivity index (χ1) is 57.3. The van der Waals surface area contributed by atoms with E-state index in [2.05, 4.69) is 29.4 Å². The van der Waals surface area contributed by atoms with Crippen molar-refractivity contribution >= 4 is 41.4 Å². The Hall–Kier alpha value is -9.65. The molecule has 26 nitrogen and oxygen atoms in total. The number of benzene rings is 7. The first-order valence-corrected chi connectivity index (χ1v) is 41.7. The highest BCUT2D eigenvalue weighted by atomic mass is 16.5. The fourth-order valence-corrected chi connectivity index (χ4v) is 15.6. The Morgan fingerprint density at radius 1 is 0.222 bits per heavy atom. The largest absolute Gasteiger partial charge is 0.478 e. The summed E-state index contributed by atoms with van der Waals surface area (Å²) in [5.74, 6) is -1.74. The first-order valence-electron chi connectivity index (χ1n) is 41.7. The third-order valence-corrected chi connectivity index (χ3v) is 22.9. The van der Waals surface area contributed by atoms with E-state index in [-0.39, 0.29) is 41.0 Å². The van der Waals surface area contributed by atoms with Crippen molar-refractivity contribution in [3.8, 4) is 0 Å². The summed E-state index contributed by atoms with van der Waals surface area (Å²) in [5, 5.41) is 9.53. The summed E-state index contributed by atoms with van der Waals surface area (Å²) in [6.07, 6.45) is 0. The normalized spacial score (nSPS) is 16.9. The van der Waals surface area contributed by atoms with Gasteiger partial charge in [0, 0.05) is 230 Å². The SMILES string of the molecule is O=C(O)c1ccc(CN(CCN2CCOCC2)C(=O)c2ccc(CN(CCN3CCOCC3)C(=O)c3ccc(CN(CCN4CCOCC4)C(=O)c4ccc(CN(CCN5CCOCC5)C(=O)c5ccc(CN(CCN6CCOCC6)C(=O)c6ccc(CN(CCN7CCOCC7)C(=O)c7ccccc7)cc6)cc5)cc4)cc3)cc2)cc1. The summed E-state index contributed by atoms with van der Waals surface area (Å²) in [4.78, 5) is 124. The number of hydrogen-bond donors (Lipinski definition) is 1. The Morgan fingerprint density at radius 3 is 0.538 bits per heavy atom. The Bertz CT molecular complexity index is 4280. The van der Waals surface area contributed by atoms with Gasteiger partial charge in [-0.2, -0.15) is 0 Å². The first kappa shape index (κ1) is 85.2. The van der Waals surface area contributed by atoms with Gasteiger partial charge in [0.05, 0.1) is 84.8 Å². The predicted molar refractivity (Wildman–Crippen MR) is 444 cm³/mol. The zero-order chi connectivity index (χ0) is 80.9. The Morgan fingerprint density at radius 2 is 0.376 bits per heavy atom. The average molecular weight is 1600 g/mol. The number of ether oxygens (including phenoxy) is 6. The molecule has 0 saturated carbocycles. The van der Waals surface area contributed by atoms with Gasteiger partial charge >= 0.3 is 5.97 Å². The molecule has 1 N–H and O–H groups in total. The summed E-state index contributed by atoms with van der Waals surface area (Å²) in [6.45, 7) is 25.8. The van der Waals surface area contributed by atoms with Gasteiger partial charge in [0.15, 0.2) is 0 Å². The lowest BCUT2D eigenvalue weighted by molar-refractivity contribution is 0.0317. The number of carbonyl (C=O) groups excluding carboxylic acids is 6. The van der Waals surface area contributed by atoms with Crippen LogP contribution >= 0.6 is 0 Å².